The average molecular weight is 309 g/mol. The van der Waals surface area contributed by atoms with Crippen LogP contribution in [0.2, 0.25) is 0 Å². The molecule has 0 aromatic rings. The number of rotatable bonds is 5. The highest BCUT2D eigenvalue weighted by Gasteiger charge is 2.25. The molecule has 0 aromatic carbocycles. The minimum Gasteiger partial charge on any atom is -0.376 e. The minimum atomic E-state index is 0.333. The highest BCUT2D eigenvalue weighted by molar-refractivity contribution is 5.80. The number of aliphatic imine (C=N–C) groups is 1. The average Bonchev–Trinajstić information content (AvgIpc) is 3.40. The van der Waals surface area contributed by atoms with Crippen LogP contribution in [0.1, 0.15) is 44.9 Å². The molecule has 5 nitrogen and oxygen atoms in total. The van der Waals surface area contributed by atoms with Gasteiger partial charge in [0.05, 0.1) is 18.8 Å². The van der Waals surface area contributed by atoms with Crippen LogP contribution in [0.5, 0.6) is 0 Å². The molecule has 126 valence electrons. The van der Waals surface area contributed by atoms with Crippen LogP contribution in [0.4, 0.5) is 0 Å². The van der Waals surface area contributed by atoms with E-state index in [-0.39, 0.29) is 0 Å². The lowest BCUT2D eigenvalue weighted by molar-refractivity contribution is -0.0721. The van der Waals surface area contributed by atoms with Gasteiger partial charge in [-0.05, 0) is 50.9 Å². The molecule has 0 spiro atoms. The molecule has 1 unspecified atom stereocenters. The van der Waals surface area contributed by atoms with Crippen molar-refractivity contribution in [2.75, 3.05) is 39.9 Å². The van der Waals surface area contributed by atoms with Crippen molar-refractivity contribution >= 4 is 5.96 Å². The third kappa shape index (κ3) is 4.85. The Balaban J connectivity index is 1.33. The second kappa shape index (κ2) is 8.16. The zero-order valence-corrected chi connectivity index (χ0v) is 13.9. The predicted octanol–water partition coefficient (Wildman–Crippen LogP) is 2.02. The lowest BCUT2D eigenvalue weighted by atomic mass is 10.1. The van der Waals surface area contributed by atoms with Gasteiger partial charge >= 0.3 is 0 Å². The van der Waals surface area contributed by atoms with Crippen LogP contribution in [0, 0.1) is 5.92 Å². The Labute approximate surface area is 134 Å². The summed E-state index contributed by atoms with van der Waals surface area (Å²) in [6, 6.07) is 0. The van der Waals surface area contributed by atoms with Gasteiger partial charge in [0.15, 0.2) is 5.96 Å². The third-order valence-electron chi connectivity index (χ3n) is 4.99. The molecule has 1 aliphatic carbocycles. The van der Waals surface area contributed by atoms with Crippen LogP contribution in [0.25, 0.3) is 0 Å². The van der Waals surface area contributed by atoms with Gasteiger partial charge in [0.1, 0.15) is 0 Å². The van der Waals surface area contributed by atoms with E-state index in [4.69, 9.17) is 9.47 Å². The van der Waals surface area contributed by atoms with Crippen LogP contribution in [0.15, 0.2) is 4.99 Å². The number of hydrogen-bond donors (Lipinski definition) is 1. The Bertz CT molecular complexity index is 357. The largest absolute Gasteiger partial charge is 0.376 e. The summed E-state index contributed by atoms with van der Waals surface area (Å²) in [5, 5.41) is 3.51. The monoisotopic (exact) mass is 309 g/mol. The smallest absolute Gasteiger partial charge is 0.193 e. The van der Waals surface area contributed by atoms with E-state index >= 15 is 0 Å². The second-order valence-electron chi connectivity index (χ2n) is 6.88. The van der Waals surface area contributed by atoms with Gasteiger partial charge in [-0.3, -0.25) is 4.99 Å². The van der Waals surface area contributed by atoms with Crippen molar-refractivity contribution in [3.05, 3.63) is 0 Å². The van der Waals surface area contributed by atoms with E-state index in [1.165, 1.54) is 25.7 Å². The van der Waals surface area contributed by atoms with E-state index in [1.807, 2.05) is 7.05 Å². The van der Waals surface area contributed by atoms with E-state index in [1.54, 1.807) is 0 Å². The molecule has 3 fully saturated rings. The molecule has 0 aromatic heterocycles. The Morgan fingerprint density at radius 3 is 2.64 bits per heavy atom. The maximum Gasteiger partial charge on any atom is 0.193 e. The van der Waals surface area contributed by atoms with E-state index in [2.05, 4.69) is 15.2 Å². The summed E-state index contributed by atoms with van der Waals surface area (Å²) in [7, 11) is 1.89. The molecule has 1 atom stereocenters. The van der Waals surface area contributed by atoms with Gasteiger partial charge in [-0.2, -0.15) is 0 Å². The van der Waals surface area contributed by atoms with Crippen LogP contribution in [0.3, 0.4) is 0 Å². The SMILES string of the molecule is CN=C(NCC1CC1)N1CCC(OCC2CCCCO2)CC1. The summed E-state index contributed by atoms with van der Waals surface area (Å²) in [6.45, 7) is 4.86. The number of guanidine groups is 1. The highest BCUT2D eigenvalue weighted by atomic mass is 16.5. The minimum absolute atomic E-state index is 0.333. The van der Waals surface area contributed by atoms with Gasteiger partial charge < -0.3 is 19.7 Å². The molecule has 1 saturated carbocycles. The summed E-state index contributed by atoms with van der Waals surface area (Å²) in [5.41, 5.74) is 0. The van der Waals surface area contributed by atoms with Gasteiger partial charge in [-0.25, -0.2) is 0 Å². The van der Waals surface area contributed by atoms with Crippen molar-refractivity contribution in [2.45, 2.75) is 57.2 Å². The number of nitrogens with zero attached hydrogens (tertiary/aromatic N) is 2. The van der Waals surface area contributed by atoms with Crippen molar-refractivity contribution in [1.82, 2.24) is 10.2 Å². The molecule has 2 heterocycles. The number of hydrogen-bond acceptors (Lipinski definition) is 3. The fourth-order valence-electron chi connectivity index (χ4n) is 3.31. The quantitative estimate of drug-likeness (QED) is 0.623. The Morgan fingerprint density at radius 2 is 2.00 bits per heavy atom. The molecule has 5 heteroatoms. The van der Waals surface area contributed by atoms with Crippen LogP contribution >= 0.6 is 0 Å². The molecular weight excluding hydrogens is 278 g/mol. The summed E-state index contributed by atoms with van der Waals surface area (Å²) < 4.78 is 11.8. The van der Waals surface area contributed by atoms with Crippen molar-refractivity contribution in [2.24, 2.45) is 10.9 Å². The molecule has 0 bridgehead atoms. The summed E-state index contributed by atoms with van der Waals surface area (Å²) in [4.78, 5) is 6.80. The molecule has 3 rings (SSSR count). The van der Waals surface area contributed by atoms with Crippen LogP contribution in [-0.2, 0) is 9.47 Å². The van der Waals surface area contributed by atoms with Crippen molar-refractivity contribution in [3.8, 4) is 0 Å². The lowest BCUT2D eigenvalue weighted by Gasteiger charge is -2.35. The number of ether oxygens (including phenoxy) is 2. The zero-order valence-electron chi connectivity index (χ0n) is 13.9. The summed E-state index contributed by atoms with van der Waals surface area (Å²) >= 11 is 0. The molecular formula is C17H31N3O2. The molecule has 2 saturated heterocycles. The fraction of sp³-hybridized carbons (Fsp3) is 0.941. The lowest BCUT2D eigenvalue weighted by Crippen LogP contribution is -2.47. The van der Waals surface area contributed by atoms with Crippen molar-refractivity contribution < 1.29 is 9.47 Å². The van der Waals surface area contributed by atoms with Gasteiger partial charge in [0.2, 0.25) is 0 Å². The van der Waals surface area contributed by atoms with Crippen LogP contribution < -0.4 is 5.32 Å². The van der Waals surface area contributed by atoms with E-state index in [9.17, 15) is 0 Å². The first-order valence-electron chi connectivity index (χ1n) is 9.04. The van der Waals surface area contributed by atoms with Gasteiger partial charge in [0.25, 0.3) is 0 Å². The molecule has 2 aliphatic heterocycles. The first kappa shape index (κ1) is 16.1. The Kier molecular flexibility index (Phi) is 5.96. The maximum atomic E-state index is 6.08. The molecule has 0 amide bonds. The highest BCUT2D eigenvalue weighted by Crippen LogP contribution is 2.27. The molecule has 3 aliphatic rings. The second-order valence-corrected chi connectivity index (χ2v) is 6.88. The third-order valence-corrected chi connectivity index (χ3v) is 4.99. The van der Waals surface area contributed by atoms with E-state index in [0.29, 0.717) is 12.2 Å². The Hall–Kier alpha value is -0.810. The van der Waals surface area contributed by atoms with Gasteiger partial charge in [-0.15, -0.1) is 0 Å². The van der Waals surface area contributed by atoms with Crippen molar-refractivity contribution in [1.29, 1.82) is 0 Å². The standard InChI is InChI=1S/C17H31N3O2/c1-18-17(19-12-14-5-6-14)20-9-7-15(8-10-20)22-13-16-4-2-3-11-21-16/h14-16H,2-13H2,1H3,(H,18,19). The van der Waals surface area contributed by atoms with Crippen LogP contribution in [-0.4, -0.2) is 63.0 Å². The summed E-state index contributed by atoms with van der Waals surface area (Å²) in [6.07, 6.45) is 9.33. The topological polar surface area (TPSA) is 46.1 Å². The zero-order chi connectivity index (χ0) is 15.2. The number of likely N-dealkylation sites (tertiary alicyclic amines) is 1. The molecule has 0 radical (unpaired) electrons. The molecule has 22 heavy (non-hydrogen) atoms. The molecule has 1 N–H and O–H groups in total. The van der Waals surface area contributed by atoms with E-state index in [0.717, 1.165) is 64.0 Å². The van der Waals surface area contributed by atoms with E-state index < -0.39 is 0 Å². The maximum absolute atomic E-state index is 6.08. The fourth-order valence-corrected chi connectivity index (χ4v) is 3.31. The van der Waals surface area contributed by atoms with Gasteiger partial charge in [0, 0.05) is 33.3 Å². The van der Waals surface area contributed by atoms with Crippen molar-refractivity contribution in [3.63, 3.8) is 0 Å². The first-order chi connectivity index (χ1) is 10.8. The summed E-state index contributed by atoms with van der Waals surface area (Å²) in [5.74, 6) is 1.95. The number of piperidine rings is 1. The number of nitrogens with one attached hydrogen (secondary N) is 1. The predicted molar refractivity (Wildman–Crippen MR) is 88.2 cm³/mol. The van der Waals surface area contributed by atoms with Gasteiger partial charge in [-0.1, -0.05) is 0 Å². The first-order valence-corrected chi connectivity index (χ1v) is 9.04. The normalized spacial score (nSPS) is 28.0. The Morgan fingerprint density at radius 1 is 1.18 bits per heavy atom.